The Kier molecular flexibility index (Phi) is 8.51. The van der Waals surface area contributed by atoms with Gasteiger partial charge in [0.05, 0.1) is 8.07 Å². The molecule has 0 fully saturated rings. The highest BCUT2D eigenvalue weighted by molar-refractivity contribution is 6.88. The lowest BCUT2D eigenvalue weighted by atomic mass is 9.82. The van der Waals surface area contributed by atoms with Gasteiger partial charge in [0.1, 0.15) is 0 Å². The average molecular weight is 726 g/mol. The van der Waals surface area contributed by atoms with Gasteiger partial charge in [-0.2, -0.15) is 0 Å². The lowest BCUT2D eigenvalue weighted by Crippen LogP contribution is -2.37. The van der Waals surface area contributed by atoms with Gasteiger partial charge < -0.3 is 0 Å². The molecule has 7 aromatic carbocycles. The highest BCUT2D eigenvalue weighted by Crippen LogP contribution is 2.49. The third kappa shape index (κ3) is 6.53. The molecule has 0 unspecified atom stereocenters. The minimum Gasteiger partial charge on any atom is -0.208 e. The van der Waals surface area contributed by atoms with E-state index >= 15 is 0 Å². The Labute approximate surface area is 325 Å². The molecule has 1 aliphatic carbocycles. The standard InChI is InChI=1S/C51H43N3Si/c1-51(2)46-20-10-9-19-44(46)45-33-42(27-30-47(45)51)50-53-48(36-13-7-6-8-14-36)52-49(54-50)37-23-21-34(22-24-37)38-15-11-17-40(31-38)41-18-12-16-39(32-41)35-25-28-43(29-26-35)55(3,4)5/h6-33H,1-5H3. The first-order valence-electron chi connectivity index (χ1n) is 19.1. The van der Waals surface area contributed by atoms with Crippen molar-refractivity contribution in [2.24, 2.45) is 0 Å². The highest BCUT2D eigenvalue weighted by Gasteiger charge is 2.35. The molecule has 8 aromatic rings. The van der Waals surface area contributed by atoms with Crippen LogP contribution in [0.15, 0.2) is 170 Å². The number of hydrogen-bond donors (Lipinski definition) is 0. The van der Waals surface area contributed by atoms with Crippen LogP contribution in [0.1, 0.15) is 25.0 Å². The number of rotatable bonds is 7. The first-order valence-corrected chi connectivity index (χ1v) is 22.6. The molecule has 3 nitrogen and oxygen atoms in total. The molecule has 0 saturated heterocycles. The van der Waals surface area contributed by atoms with E-state index in [-0.39, 0.29) is 5.41 Å². The summed E-state index contributed by atoms with van der Waals surface area (Å²) in [4.78, 5) is 15.2. The summed E-state index contributed by atoms with van der Waals surface area (Å²) in [6.07, 6.45) is 0. The number of aromatic nitrogens is 3. The Balaban J connectivity index is 1.04. The largest absolute Gasteiger partial charge is 0.208 e. The van der Waals surface area contributed by atoms with E-state index in [9.17, 15) is 0 Å². The predicted octanol–water partition coefficient (Wildman–Crippen LogP) is 12.7. The van der Waals surface area contributed by atoms with Crippen molar-refractivity contribution in [1.29, 1.82) is 0 Å². The molecular formula is C51H43N3Si. The smallest absolute Gasteiger partial charge is 0.164 e. The number of benzene rings is 7. The van der Waals surface area contributed by atoms with Crippen LogP contribution in [0.5, 0.6) is 0 Å². The van der Waals surface area contributed by atoms with Gasteiger partial charge in [-0.1, -0.05) is 190 Å². The average Bonchev–Trinajstić information content (AvgIpc) is 3.46. The summed E-state index contributed by atoms with van der Waals surface area (Å²) in [5.41, 5.74) is 15.2. The van der Waals surface area contributed by atoms with Gasteiger partial charge >= 0.3 is 0 Å². The van der Waals surface area contributed by atoms with Gasteiger partial charge in [0, 0.05) is 22.1 Å². The molecule has 0 amide bonds. The Morgan fingerprint density at radius 1 is 0.345 bits per heavy atom. The first kappa shape index (κ1) is 34.5. The predicted molar refractivity (Wildman–Crippen MR) is 233 cm³/mol. The molecule has 0 spiro atoms. The highest BCUT2D eigenvalue weighted by atomic mass is 28.3. The van der Waals surface area contributed by atoms with Crippen molar-refractivity contribution in [3.8, 4) is 78.7 Å². The third-order valence-electron chi connectivity index (χ3n) is 11.1. The van der Waals surface area contributed by atoms with E-state index in [1.807, 2.05) is 18.2 Å². The van der Waals surface area contributed by atoms with Crippen LogP contribution < -0.4 is 5.19 Å². The Hall–Kier alpha value is -6.23. The van der Waals surface area contributed by atoms with Crippen LogP contribution in [0.4, 0.5) is 0 Å². The third-order valence-corrected chi connectivity index (χ3v) is 13.2. The van der Waals surface area contributed by atoms with E-state index in [4.69, 9.17) is 15.0 Å². The lowest BCUT2D eigenvalue weighted by Gasteiger charge is -2.21. The van der Waals surface area contributed by atoms with E-state index in [2.05, 4.69) is 185 Å². The zero-order valence-corrected chi connectivity index (χ0v) is 33.0. The molecule has 0 bridgehead atoms. The van der Waals surface area contributed by atoms with Crippen molar-refractivity contribution in [2.75, 3.05) is 0 Å². The Bertz CT molecular complexity index is 2690. The molecule has 1 aromatic heterocycles. The number of fused-ring (bicyclic) bond motifs is 3. The summed E-state index contributed by atoms with van der Waals surface area (Å²) in [6.45, 7) is 11.8. The second kappa shape index (κ2) is 13.6. The van der Waals surface area contributed by atoms with E-state index < -0.39 is 8.07 Å². The van der Waals surface area contributed by atoms with Crippen LogP contribution in [0.25, 0.3) is 78.7 Å². The van der Waals surface area contributed by atoms with Crippen LogP contribution >= 0.6 is 0 Å². The Morgan fingerprint density at radius 3 is 1.35 bits per heavy atom. The van der Waals surface area contributed by atoms with E-state index in [1.165, 1.54) is 49.7 Å². The molecular weight excluding hydrogens is 683 g/mol. The summed E-state index contributed by atoms with van der Waals surface area (Å²) in [6, 6.07) is 61.0. The molecule has 4 heteroatoms. The van der Waals surface area contributed by atoms with Gasteiger partial charge in [-0.3, -0.25) is 0 Å². The maximum Gasteiger partial charge on any atom is 0.164 e. The molecule has 0 aliphatic heterocycles. The maximum atomic E-state index is 5.10. The monoisotopic (exact) mass is 725 g/mol. The number of nitrogens with zero attached hydrogens (tertiary/aromatic N) is 3. The topological polar surface area (TPSA) is 38.7 Å². The molecule has 1 heterocycles. The van der Waals surface area contributed by atoms with Gasteiger partial charge in [-0.25, -0.2) is 15.0 Å². The van der Waals surface area contributed by atoms with Gasteiger partial charge in [0.15, 0.2) is 17.5 Å². The summed E-state index contributed by atoms with van der Waals surface area (Å²) in [5.74, 6) is 1.98. The molecule has 0 N–H and O–H groups in total. The molecule has 0 radical (unpaired) electrons. The second-order valence-electron chi connectivity index (χ2n) is 16.2. The van der Waals surface area contributed by atoms with Gasteiger partial charge in [-0.05, 0) is 73.8 Å². The molecule has 0 saturated carbocycles. The van der Waals surface area contributed by atoms with Crippen LogP contribution in [0.3, 0.4) is 0 Å². The summed E-state index contributed by atoms with van der Waals surface area (Å²) in [5, 5.41) is 1.48. The fourth-order valence-corrected chi connectivity index (χ4v) is 9.11. The molecule has 266 valence electrons. The molecule has 55 heavy (non-hydrogen) atoms. The van der Waals surface area contributed by atoms with E-state index in [0.717, 1.165) is 27.8 Å². The van der Waals surface area contributed by atoms with Crippen LogP contribution in [0, 0.1) is 0 Å². The fourth-order valence-electron chi connectivity index (χ4n) is 7.94. The van der Waals surface area contributed by atoms with Crippen molar-refractivity contribution in [2.45, 2.75) is 38.9 Å². The van der Waals surface area contributed by atoms with Crippen molar-refractivity contribution >= 4 is 13.3 Å². The normalized spacial score (nSPS) is 13.0. The maximum absolute atomic E-state index is 5.10. The van der Waals surface area contributed by atoms with Gasteiger partial charge in [-0.15, -0.1) is 0 Å². The molecule has 0 atom stereocenters. The second-order valence-corrected chi connectivity index (χ2v) is 21.2. The number of hydrogen-bond acceptors (Lipinski definition) is 3. The SMILES string of the molecule is CC1(C)c2ccccc2-c2cc(-c3nc(-c4ccccc4)nc(-c4ccc(-c5cccc(-c6cccc(-c7ccc([Si](C)(C)C)cc7)c6)c5)cc4)n3)ccc21. The zero-order chi connectivity index (χ0) is 37.7. The fraction of sp³-hybridized carbons (Fsp3) is 0.118. The summed E-state index contributed by atoms with van der Waals surface area (Å²) in [7, 11) is -1.34. The summed E-state index contributed by atoms with van der Waals surface area (Å²) < 4.78 is 0. The minimum absolute atomic E-state index is 0.0603. The minimum atomic E-state index is -1.34. The van der Waals surface area contributed by atoms with Crippen molar-refractivity contribution < 1.29 is 0 Å². The molecule has 1 aliphatic rings. The Morgan fingerprint density at radius 2 is 0.764 bits per heavy atom. The van der Waals surface area contributed by atoms with E-state index in [0.29, 0.717) is 17.5 Å². The first-order chi connectivity index (χ1) is 26.6. The van der Waals surface area contributed by atoms with Crippen LogP contribution in [-0.2, 0) is 5.41 Å². The van der Waals surface area contributed by atoms with Crippen molar-refractivity contribution in [1.82, 2.24) is 15.0 Å². The zero-order valence-electron chi connectivity index (χ0n) is 32.0. The van der Waals surface area contributed by atoms with Crippen LogP contribution in [-0.4, -0.2) is 23.0 Å². The van der Waals surface area contributed by atoms with E-state index in [1.54, 1.807) is 0 Å². The lowest BCUT2D eigenvalue weighted by molar-refractivity contribution is 0.660. The van der Waals surface area contributed by atoms with Gasteiger partial charge in [0.25, 0.3) is 0 Å². The quantitative estimate of drug-likeness (QED) is 0.154. The summed E-state index contributed by atoms with van der Waals surface area (Å²) >= 11 is 0. The van der Waals surface area contributed by atoms with Gasteiger partial charge in [0.2, 0.25) is 0 Å². The van der Waals surface area contributed by atoms with Crippen molar-refractivity contribution in [3.63, 3.8) is 0 Å². The van der Waals surface area contributed by atoms with Crippen molar-refractivity contribution in [3.05, 3.63) is 181 Å². The van der Waals surface area contributed by atoms with Crippen LogP contribution in [0.2, 0.25) is 19.6 Å². The molecule has 9 rings (SSSR count).